The van der Waals surface area contributed by atoms with Crippen LogP contribution < -0.4 is 0 Å². The van der Waals surface area contributed by atoms with E-state index >= 15 is 0 Å². The van der Waals surface area contributed by atoms with Crippen LogP contribution in [0.5, 0.6) is 0 Å². The van der Waals surface area contributed by atoms with Gasteiger partial charge in [-0.3, -0.25) is 0 Å². The number of halogens is 2. The van der Waals surface area contributed by atoms with Gasteiger partial charge in [-0.25, -0.2) is 8.78 Å². The molecule has 0 N–H and O–H groups in total. The quantitative estimate of drug-likeness (QED) is 0.613. The lowest BCUT2D eigenvalue weighted by Gasteiger charge is -2.07. The van der Waals surface area contributed by atoms with Crippen LogP contribution in [-0.2, 0) is 0 Å². The Bertz CT molecular complexity index is 302. The molecule has 0 aliphatic carbocycles. The standard InChI is InChI=1S/C10H12F2S2/c1-7(5-13)6-14-8-2-3-9(11)10(12)4-8/h2-4,7,13H,5-6H2,1H3. The second-order valence-corrected chi connectivity index (χ2v) is 4.63. The summed E-state index contributed by atoms with van der Waals surface area (Å²) in [4.78, 5) is 0.762. The molecule has 0 fully saturated rings. The van der Waals surface area contributed by atoms with Crippen molar-refractivity contribution >= 4 is 24.4 Å². The van der Waals surface area contributed by atoms with Crippen molar-refractivity contribution in [3.05, 3.63) is 29.8 Å². The Balaban J connectivity index is 2.55. The van der Waals surface area contributed by atoms with E-state index in [1.807, 2.05) is 0 Å². The highest BCUT2D eigenvalue weighted by molar-refractivity contribution is 7.99. The summed E-state index contributed by atoms with van der Waals surface area (Å²) >= 11 is 5.67. The molecule has 1 atom stereocenters. The SMILES string of the molecule is CC(CS)CSc1ccc(F)c(F)c1. The predicted octanol–water partition coefficient (Wildman–Crippen LogP) is 3.62. The number of thiol groups is 1. The van der Waals surface area contributed by atoms with Gasteiger partial charge in [0.1, 0.15) is 0 Å². The van der Waals surface area contributed by atoms with E-state index in [-0.39, 0.29) is 0 Å². The molecular weight excluding hydrogens is 222 g/mol. The van der Waals surface area contributed by atoms with Gasteiger partial charge in [0.2, 0.25) is 0 Å². The highest BCUT2D eigenvalue weighted by Gasteiger charge is 2.04. The average Bonchev–Trinajstić information content (AvgIpc) is 2.19. The van der Waals surface area contributed by atoms with E-state index in [4.69, 9.17) is 0 Å². The molecule has 0 aliphatic heterocycles. The molecule has 0 radical (unpaired) electrons. The van der Waals surface area contributed by atoms with Crippen LogP contribution in [0.3, 0.4) is 0 Å². The summed E-state index contributed by atoms with van der Waals surface area (Å²) < 4.78 is 25.3. The number of benzene rings is 1. The number of hydrogen-bond donors (Lipinski definition) is 1. The molecule has 0 saturated heterocycles. The third-order valence-corrected chi connectivity index (χ3v) is 3.68. The lowest BCUT2D eigenvalue weighted by Crippen LogP contribution is -1.99. The summed E-state index contributed by atoms with van der Waals surface area (Å²) in [6.45, 7) is 2.07. The van der Waals surface area contributed by atoms with Gasteiger partial charge in [-0.1, -0.05) is 6.92 Å². The van der Waals surface area contributed by atoms with Crippen molar-refractivity contribution in [1.29, 1.82) is 0 Å². The minimum absolute atomic E-state index is 0.469. The number of hydrogen-bond acceptors (Lipinski definition) is 2. The van der Waals surface area contributed by atoms with Crippen LogP contribution in [0, 0.1) is 17.6 Å². The monoisotopic (exact) mass is 234 g/mol. The molecule has 0 amide bonds. The molecule has 1 unspecified atom stereocenters. The Morgan fingerprint density at radius 3 is 2.64 bits per heavy atom. The highest BCUT2D eigenvalue weighted by atomic mass is 32.2. The molecule has 0 nitrogen and oxygen atoms in total. The molecule has 0 spiro atoms. The fraction of sp³-hybridized carbons (Fsp3) is 0.400. The van der Waals surface area contributed by atoms with E-state index in [0.717, 1.165) is 22.5 Å². The average molecular weight is 234 g/mol. The molecule has 0 heterocycles. The van der Waals surface area contributed by atoms with Gasteiger partial charge in [-0.2, -0.15) is 12.6 Å². The smallest absolute Gasteiger partial charge is 0.159 e. The largest absolute Gasteiger partial charge is 0.204 e. The molecular formula is C10H12F2S2. The maximum Gasteiger partial charge on any atom is 0.159 e. The summed E-state index contributed by atoms with van der Waals surface area (Å²) in [5.74, 6) is 0.562. The molecule has 14 heavy (non-hydrogen) atoms. The zero-order valence-electron chi connectivity index (χ0n) is 7.84. The van der Waals surface area contributed by atoms with E-state index in [2.05, 4.69) is 19.6 Å². The summed E-state index contributed by atoms with van der Waals surface area (Å²) in [5, 5.41) is 0. The lowest BCUT2D eigenvalue weighted by molar-refractivity contribution is 0.506. The first-order valence-corrected chi connectivity index (χ1v) is 5.94. The van der Waals surface area contributed by atoms with Crippen LogP contribution >= 0.6 is 24.4 Å². The maximum atomic E-state index is 12.8. The molecule has 1 aromatic carbocycles. The van der Waals surface area contributed by atoms with E-state index < -0.39 is 11.6 Å². The minimum atomic E-state index is -0.795. The topological polar surface area (TPSA) is 0 Å². The van der Waals surface area contributed by atoms with Crippen molar-refractivity contribution in [3.63, 3.8) is 0 Å². The van der Waals surface area contributed by atoms with Crippen molar-refractivity contribution in [1.82, 2.24) is 0 Å². The highest BCUT2D eigenvalue weighted by Crippen LogP contribution is 2.22. The van der Waals surface area contributed by atoms with Crippen LogP contribution in [0.2, 0.25) is 0 Å². The zero-order valence-corrected chi connectivity index (χ0v) is 9.55. The molecule has 78 valence electrons. The first-order valence-electron chi connectivity index (χ1n) is 4.32. The normalized spacial score (nSPS) is 12.9. The van der Waals surface area contributed by atoms with Gasteiger partial charge in [0.15, 0.2) is 11.6 Å². The van der Waals surface area contributed by atoms with Crippen molar-refractivity contribution in [2.45, 2.75) is 11.8 Å². The third kappa shape index (κ3) is 3.50. The second-order valence-electron chi connectivity index (χ2n) is 3.17. The van der Waals surface area contributed by atoms with Gasteiger partial charge >= 0.3 is 0 Å². The second kappa shape index (κ2) is 5.61. The summed E-state index contributed by atoms with van der Waals surface area (Å²) in [7, 11) is 0. The molecule has 0 aliphatic rings. The van der Waals surface area contributed by atoms with Crippen LogP contribution in [0.15, 0.2) is 23.1 Å². The fourth-order valence-corrected chi connectivity index (χ4v) is 2.11. The molecule has 0 bridgehead atoms. The van der Waals surface area contributed by atoms with E-state index in [1.165, 1.54) is 17.8 Å². The van der Waals surface area contributed by atoms with Crippen molar-refractivity contribution in [3.8, 4) is 0 Å². The van der Waals surface area contributed by atoms with E-state index in [1.54, 1.807) is 6.07 Å². The predicted molar refractivity (Wildman–Crippen MR) is 60.1 cm³/mol. The Morgan fingerprint density at radius 1 is 1.36 bits per heavy atom. The van der Waals surface area contributed by atoms with Crippen LogP contribution in [-0.4, -0.2) is 11.5 Å². The van der Waals surface area contributed by atoms with Crippen molar-refractivity contribution < 1.29 is 8.78 Å². The summed E-state index contributed by atoms with van der Waals surface area (Å²) in [6.07, 6.45) is 0. The van der Waals surface area contributed by atoms with Gasteiger partial charge in [-0.15, -0.1) is 11.8 Å². The van der Waals surface area contributed by atoms with Gasteiger partial charge in [0.25, 0.3) is 0 Å². The third-order valence-electron chi connectivity index (χ3n) is 1.74. The van der Waals surface area contributed by atoms with Crippen molar-refractivity contribution in [2.24, 2.45) is 5.92 Å². The fourth-order valence-electron chi connectivity index (χ4n) is 0.858. The molecule has 4 heteroatoms. The van der Waals surface area contributed by atoms with Gasteiger partial charge in [-0.05, 0) is 29.9 Å². The van der Waals surface area contributed by atoms with Crippen LogP contribution in [0.1, 0.15) is 6.92 Å². The molecule has 0 saturated carbocycles. The first-order chi connectivity index (χ1) is 6.63. The Hall–Kier alpha value is -0.220. The van der Waals surface area contributed by atoms with Gasteiger partial charge in [0.05, 0.1) is 0 Å². The van der Waals surface area contributed by atoms with Crippen LogP contribution in [0.4, 0.5) is 8.78 Å². The van der Waals surface area contributed by atoms with E-state index in [9.17, 15) is 8.78 Å². The van der Waals surface area contributed by atoms with Crippen molar-refractivity contribution in [2.75, 3.05) is 11.5 Å². The first kappa shape index (κ1) is 11.9. The Labute approximate surface area is 92.5 Å². The van der Waals surface area contributed by atoms with Gasteiger partial charge in [0, 0.05) is 10.6 Å². The minimum Gasteiger partial charge on any atom is -0.204 e. The molecule has 0 aromatic heterocycles. The molecule has 1 aromatic rings. The Kier molecular flexibility index (Phi) is 4.75. The maximum absolute atomic E-state index is 12.8. The number of rotatable bonds is 4. The summed E-state index contributed by atoms with van der Waals surface area (Å²) in [5.41, 5.74) is 0. The van der Waals surface area contributed by atoms with Crippen LogP contribution in [0.25, 0.3) is 0 Å². The zero-order chi connectivity index (χ0) is 10.6. The number of thioether (sulfide) groups is 1. The Morgan fingerprint density at radius 2 is 2.07 bits per heavy atom. The molecule has 1 rings (SSSR count). The lowest BCUT2D eigenvalue weighted by atomic mass is 10.3. The van der Waals surface area contributed by atoms with E-state index in [0.29, 0.717) is 5.92 Å². The van der Waals surface area contributed by atoms with Gasteiger partial charge < -0.3 is 0 Å². The summed E-state index contributed by atoms with van der Waals surface area (Å²) in [6, 6.07) is 3.97.